The molecule has 1 aromatic carbocycles. The number of aryl methyl sites for hydroxylation is 1. The van der Waals surface area contributed by atoms with Crippen LogP contribution in [0.25, 0.3) is 0 Å². The second-order valence-electron chi connectivity index (χ2n) is 5.30. The lowest BCUT2D eigenvalue weighted by Crippen LogP contribution is -2.27. The summed E-state index contributed by atoms with van der Waals surface area (Å²) < 4.78 is 0.273. The summed E-state index contributed by atoms with van der Waals surface area (Å²) >= 11 is 1.88. The maximum absolute atomic E-state index is 11.6. The van der Waals surface area contributed by atoms with Gasteiger partial charge in [-0.2, -0.15) is 11.8 Å². The van der Waals surface area contributed by atoms with Gasteiger partial charge < -0.3 is 5.32 Å². The van der Waals surface area contributed by atoms with Gasteiger partial charge in [0.05, 0.1) is 0 Å². The third-order valence-electron chi connectivity index (χ3n) is 2.44. The highest BCUT2D eigenvalue weighted by Gasteiger charge is 2.09. The number of hydrogen-bond acceptors (Lipinski definition) is 2. The molecule has 0 fully saturated rings. The molecule has 100 valence electrons. The molecule has 1 amide bonds. The topological polar surface area (TPSA) is 29.1 Å². The van der Waals surface area contributed by atoms with Crippen LogP contribution in [0.5, 0.6) is 0 Å². The fraction of sp³-hybridized carbons (Fsp3) is 0.533. The van der Waals surface area contributed by atoms with Crippen molar-refractivity contribution in [3.63, 3.8) is 0 Å². The molecule has 1 aromatic rings. The lowest BCUT2D eigenvalue weighted by molar-refractivity contribution is -0.120. The first-order valence-corrected chi connectivity index (χ1v) is 7.40. The van der Waals surface area contributed by atoms with Crippen LogP contribution in [0.15, 0.2) is 30.3 Å². The minimum absolute atomic E-state index is 0.147. The average molecular weight is 265 g/mol. The second-order valence-corrected chi connectivity index (χ2v) is 7.22. The van der Waals surface area contributed by atoms with Crippen molar-refractivity contribution in [1.82, 2.24) is 5.32 Å². The summed E-state index contributed by atoms with van der Waals surface area (Å²) in [6.45, 7) is 7.33. The van der Waals surface area contributed by atoms with E-state index in [4.69, 9.17) is 0 Å². The number of carbonyl (C=O) groups is 1. The fourth-order valence-corrected chi connectivity index (χ4v) is 2.36. The summed E-state index contributed by atoms with van der Waals surface area (Å²) in [4.78, 5) is 11.6. The van der Waals surface area contributed by atoms with Gasteiger partial charge in [0.25, 0.3) is 0 Å². The first kappa shape index (κ1) is 15.1. The molecule has 0 spiro atoms. The van der Waals surface area contributed by atoms with Gasteiger partial charge in [0.1, 0.15) is 0 Å². The molecule has 0 saturated carbocycles. The van der Waals surface area contributed by atoms with Crippen molar-refractivity contribution in [2.24, 2.45) is 0 Å². The van der Waals surface area contributed by atoms with E-state index >= 15 is 0 Å². The standard InChI is InChI=1S/C15H23NOS/c1-15(2,3)18-12-11-16-14(17)10-9-13-7-5-4-6-8-13/h4-8H,9-12H2,1-3H3,(H,16,17). The first-order valence-electron chi connectivity index (χ1n) is 6.42. The Hall–Kier alpha value is -0.960. The van der Waals surface area contributed by atoms with Crippen LogP contribution in [-0.2, 0) is 11.2 Å². The molecule has 1 rings (SSSR count). The van der Waals surface area contributed by atoms with E-state index < -0.39 is 0 Å². The summed E-state index contributed by atoms with van der Waals surface area (Å²) in [7, 11) is 0. The van der Waals surface area contributed by atoms with Crippen LogP contribution in [0.2, 0.25) is 0 Å². The third kappa shape index (κ3) is 7.38. The van der Waals surface area contributed by atoms with Gasteiger partial charge in [0.2, 0.25) is 5.91 Å². The highest BCUT2D eigenvalue weighted by molar-refractivity contribution is 8.00. The third-order valence-corrected chi connectivity index (χ3v) is 3.72. The molecule has 0 heterocycles. The van der Waals surface area contributed by atoms with Crippen LogP contribution in [0, 0.1) is 0 Å². The van der Waals surface area contributed by atoms with Gasteiger partial charge in [-0.3, -0.25) is 4.79 Å². The summed E-state index contributed by atoms with van der Waals surface area (Å²) in [5.41, 5.74) is 1.22. The summed E-state index contributed by atoms with van der Waals surface area (Å²) in [6.07, 6.45) is 1.39. The first-order chi connectivity index (χ1) is 8.47. The number of nitrogens with one attached hydrogen (secondary N) is 1. The molecule has 0 aliphatic carbocycles. The Morgan fingerprint density at radius 1 is 1.22 bits per heavy atom. The van der Waals surface area contributed by atoms with Crippen molar-refractivity contribution in [1.29, 1.82) is 0 Å². The minimum Gasteiger partial charge on any atom is -0.355 e. The summed E-state index contributed by atoms with van der Waals surface area (Å²) in [6, 6.07) is 10.1. The maximum Gasteiger partial charge on any atom is 0.220 e. The van der Waals surface area contributed by atoms with Crippen molar-refractivity contribution in [2.75, 3.05) is 12.3 Å². The molecular weight excluding hydrogens is 242 g/mol. The zero-order valence-electron chi connectivity index (χ0n) is 11.5. The number of benzene rings is 1. The zero-order valence-corrected chi connectivity index (χ0v) is 12.3. The van der Waals surface area contributed by atoms with E-state index in [9.17, 15) is 4.79 Å². The second kappa shape index (κ2) is 7.47. The highest BCUT2D eigenvalue weighted by Crippen LogP contribution is 2.21. The van der Waals surface area contributed by atoms with Crippen molar-refractivity contribution >= 4 is 17.7 Å². The fourth-order valence-electron chi connectivity index (χ4n) is 1.54. The van der Waals surface area contributed by atoms with Crippen LogP contribution in [0.1, 0.15) is 32.8 Å². The van der Waals surface area contributed by atoms with Crippen molar-refractivity contribution in [3.8, 4) is 0 Å². The average Bonchev–Trinajstić information content (AvgIpc) is 2.32. The molecule has 0 aliphatic heterocycles. The highest BCUT2D eigenvalue weighted by atomic mass is 32.2. The van der Waals surface area contributed by atoms with Crippen LogP contribution in [0.4, 0.5) is 0 Å². The predicted molar refractivity (Wildman–Crippen MR) is 80.0 cm³/mol. The van der Waals surface area contributed by atoms with Gasteiger partial charge in [0, 0.05) is 23.5 Å². The molecule has 0 aliphatic rings. The van der Waals surface area contributed by atoms with Crippen molar-refractivity contribution in [3.05, 3.63) is 35.9 Å². The van der Waals surface area contributed by atoms with E-state index in [0.717, 1.165) is 18.7 Å². The Bertz CT molecular complexity index is 357. The summed E-state index contributed by atoms with van der Waals surface area (Å²) in [5.74, 6) is 1.12. The maximum atomic E-state index is 11.6. The molecule has 3 heteroatoms. The van der Waals surface area contributed by atoms with Crippen LogP contribution in [-0.4, -0.2) is 23.0 Å². The molecule has 0 unspecified atom stereocenters. The van der Waals surface area contributed by atoms with Gasteiger partial charge in [0.15, 0.2) is 0 Å². The van der Waals surface area contributed by atoms with E-state index in [2.05, 4.69) is 38.2 Å². The molecular formula is C15H23NOS. The van der Waals surface area contributed by atoms with E-state index in [-0.39, 0.29) is 10.7 Å². The molecule has 0 bridgehead atoms. The predicted octanol–water partition coefficient (Wildman–Crippen LogP) is 3.27. The smallest absolute Gasteiger partial charge is 0.220 e. The molecule has 1 N–H and O–H groups in total. The quantitative estimate of drug-likeness (QED) is 0.800. The van der Waals surface area contributed by atoms with E-state index in [1.165, 1.54) is 5.56 Å². The zero-order chi connectivity index (χ0) is 13.4. The number of thioether (sulfide) groups is 1. The SMILES string of the molecule is CC(C)(C)SCCNC(=O)CCc1ccccc1. The van der Waals surface area contributed by atoms with Crippen molar-refractivity contribution < 1.29 is 4.79 Å². The Morgan fingerprint density at radius 2 is 1.89 bits per heavy atom. The molecule has 0 aromatic heterocycles. The molecule has 18 heavy (non-hydrogen) atoms. The summed E-state index contributed by atoms with van der Waals surface area (Å²) in [5, 5.41) is 2.97. The van der Waals surface area contributed by atoms with Gasteiger partial charge in [-0.25, -0.2) is 0 Å². The van der Waals surface area contributed by atoms with E-state index in [1.54, 1.807) is 0 Å². The Labute approximate surface area is 115 Å². The Morgan fingerprint density at radius 3 is 2.50 bits per heavy atom. The van der Waals surface area contributed by atoms with Crippen molar-refractivity contribution in [2.45, 2.75) is 38.4 Å². The number of amides is 1. The van der Waals surface area contributed by atoms with Crippen LogP contribution in [0.3, 0.4) is 0 Å². The molecule has 0 saturated heterocycles. The monoisotopic (exact) mass is 265 g/mol. The normalized spacial score (nSPS) is 11.3. The van der Waals surface area contributed by atoms with Gasteiger partial charge in [-0.1, -0.05) is 51.1 Å². The lowest BCUT2D eigenvalue weighted by atomic mass is 10.1. The number of carbonyl (C=O) groups excluding carboxylic acids is 1. The number of rotatable bonds is 6. The molecule has 0 atom stereocenters. The number of hydrogen-bond donors (Lipinski definition) is 1. The Kier molecular flexibility index (Phi) is 6.27. The lowest BCUT2D eigenvalue weighted by Gasteiger charge is -2.17. The van der Waals surface area contributed by atoms with Gasteiger partial charge in [-0.15, -0.1) is 0 Å². The molecule has 0 radical (unpaired) electrons. The minimum atomic E-state index is 0.147. The molecule has 2 nitrogen and oxygen atoms in total. The van der Waals surface area contributed by atoms with E-state index in [1.807, 2.05) is 30.0 Å². The Balaban J connectivity index is 2.11. The van der Waals surface area contributed by atoms with Gasteiger partial charge in [-0.05, 0) is 12.0 Å². The van der Waals surface area contributed by atoms with E-state index in [0.29, 0.717) is 6.42 Å². The van der Waals surface area contributed by atoms with Crippen LogP contribution < -0.4 is 5.32 Å². The van der Waals surface area contributed by atoms with Crippen LogP contribution >= 0.6 is 11.8 Å². The largest absolute Gasteiger partial charge is 0.355 e. The van der Waals surface area contributed by atoms with Gasteiger partial charge >= 0.3 is 0 Å².